The molecule has 0 aliphatic carbocycles. The van der Waals surface area contributed by atoms with E-state index in [1.54, 1.807) is 6.92 Å². The summed E-state index contributed by atoms with van der Waals surface area (Å²) in [6.07, 6.45) is 3.78. The van der Waals surface area contributed by atoms with Crippen molar-refractivity contribution in [1.82, 2.24) is 14.6 Å². The molecule has 5 N–H and O–H groups in total. The number of hydrogen-bond donors (Lipinski definition) is 4. The highest BCUT2D eigenvalue weighted by atomic mass is 35.5. The largest absolute Gasteiger partial charge is 0.471 e. The van der Waals surface area contributed by atoms with E-state index in [9.17, 15) is 19.1 Å². The topological polar surface area (TPSA) is 130 Å². The molecular formula is C22H29ClFN5O4S. The molecule has 1 saturated heterocycles. The van der Waals surface area contributed by atoms with Gasteiger partial charge in [0, 0.05) is 23.2 Å². The lowest BCUT2D eigenvalue weighted by Gasteiger charge is -2.22. The Morgan fingerprint density at radius 3 is 2.94 bits per heavy atom. The first-order valence-electron chi connectivity index (χ1n) is 11.1. The van der Waals surface area contributed by atoms with E-state index >= 15 is 0 Å². The van der Waals surface area contributed by atoms with E-state index < -0.39 is 17.8 Å². The molecule has 9 nitrogen and oxygen atoms in total. The number of nitrogens with one attached hydrogen (secondary N) is 2. The predicted octanol–water partition coefficient (Wildman–Crippen LogP) is 3.28. The summed E-state index contributed by atoms with van der Waals surface area (Å²) in [5.74, 6) is -1.41. The third-order valence-electron chi connectivity index (χ3n) is 5.69. The zero-order valence-corrected chi connectivity index (χ0v) is 20.5. The molecule has 3 rings (SSSR count). The Kier molecular flexibility index (Phi) is 9.45. The molecule has 1 fully saturated rings. The second-order valence-electron chi connectivity index (χ2n) is 8.14. The van der Waals surface area contributed by atoms with Crippen molar-refractivity contribution in [3.63, 3.8) is 0 Å². The standard InChI is InChI=1S/C22H29ClFN5O4S/c1-13-9-17(24)14(10-16(13)23)12-33-20-18(19(25)31)21(34-28-20)27-22(32)26-6-2-3-7-29-8-4-5-15(29)11-30/h9-10,15,30H,2-8,11-12H2,1H3,(H2,25,31)(H2,26,27,32). The number of nitrogens with two attached hydrogens (primary N) is 1. The van der Waals surface area contributed by atoms with Crippen LogP contribution < -0.4 is 21.1 Å². The fourth-order valence-electron chi connectivity index (χ4n) is 3.81. The fraction of sp³-hybridized carbons (Fsp3) is 0.500. The van der Waals surface area contributed by atoms with Crippen molar-refractivity contribution < 1.29 is 23.8 Å². The van der Waals surface area contributed by atoms with Crippen LogP contribution in [-0.4, -0.2) is 58.6 Å². The van der Waals surface area contributed by atoms with Gasteiger partial charge in [0.1, 0.15) is 23.0 Å². The van der Waals surface area contributed by atoms with E-state index in [0.29, 0.717) is 17.1 Å². The number of halogens is 2. The number of primary amides is 1. The summed E-state index contributed by atoms with van der Waals surface area (Å²) in [6.45, 7) is 3.97. The van der Waals surface area contributed by atoms with Crippen molar-refractivity contribution in [3.8, 4) is 5.88 Å². The molecule has 1 unspecified atom stereocenters. The van der Waals surface area contributed by atoms with Crippen molar-refractivity contribution in [2.45, 2.75) is 45.3 Å². The van der Waals surface area contributed by atoms with Gasteiger partial charge < -0.3 is 20.9 Å². The summed E-state index contributed by atoms with van der Waals surface area (Å²) in [5, 5.41) is 15.2. The monoisotopic (exact) mass is 513 g/mol. The second-order valence-corrected chi connectivity index (χ2v) is 9.32. The average molecular weight is 514 g/mol. The zero-order chi connectivity index (χ0) is 24.7. The van der Waals surface area contributed by atoms with Gasteiger partial charge in [0.25, 0.3) is 5.91 Å². The third kappa shape index (κ3) is 6.78. The van der Waals surface area contributed by atoms with Gasteiger partial charge in [0.2, 0.25) is 5.88 Å². The minimum Gasteiger partial charge on any atom is -0.471 e. The third-order valence-corrected chi connectivity index (χ3v) is 6.85. The number of carbonyl (C=O) groups is 2. The van der Waals surface area contributed by atoms with Crippen LogP contribution in [0.3, 0.4) is 0 Å². The van der Waals surface area contributed by atoms with Gasteiger partial charge in [0.15, 0.2) is 0 Å². The molecule has 1 aromatic carbocycles. The van der Waals surface area contributed by atoms with Gasteiger partial charge in [-0.3, -0.25) is 15.0 Å². The Hall–Kier alpha value is -2.47. The number of aliphatic hydroxyl groups is 1. The SMILES string of the molecule is Cc1cc(F)c(COc2nsc(NC(=O)NCCCCN3CCCC3CO)c2C(N)=O)cc1Cl. The molecule has 34 heavy (non-hydrogen) atoms. The normalized spacial score (nSPS) is 15.9. The van der Waals surface area contributed by atoms with E-state index in [0.717, 1.165) is 50.3 Å². The molecule has 0 bridgehead atoms. The average Bonchev–Trinajstić information content (AvgIpc) is 3.41. The first-order chi connectivity index (χ1) is 16.3. The maximum absolute atomic E-state index is 14.1. The Morgan fingerprint density at radius 1 is 1.41 bits per heavy atom. The van der Waals surface area contributed by atoms with Crippen LogP contribution in [-0.2, 0) is 6.61 Å². The highest BCUT2D eigenvalue weighted by molar-refractivity contribution is 7.11. The number of aliphatic hydroxyl groups excluding tert-OH is 1. The lowest BCUT2D eigenvalue weighted by molar-refractivity contribution is 0.0996. The summed E-state index contributed by atoms with van der Waals surface area (Å²) in [4.78, 5) is 26.5. The lowest BCUT2D eigenvalue weighted by Crippen LogP contribution is -2.34. The highest BCUT2D eigenvalue weighted by Gasteiger charge is 2.24. The van der Waals surface area contributed by atoms with E-state index in [1.807, 2.05) is 0 Å². The van der Waals surface area contributed by atoms with Crippen LogP contribution in [0.2, 0.25) is 5.02 Å². The van der Waals surface area contributed by atoms with Crippen LogP contribution in [0.4, 0.5) is 14.2 Å². The number of ether oxygens (including phenoxy) is 1. The van der Waals surface area contributed by atoms with Gasteiger partial charge >= 0.3 is 6.03 Å². The summed E-state index contributed by atoms with van der Waals surface area (Å²) in [7, 11) is 0. The minimum atomic E-state index is -0.828. The molecular weight excluding hydrogens is 485 g/mol. The van der Waals surface area contributed by atoms with Gasteiger partial charge in [-0.05, 0) is 74.9 Å². The second kappa shape index (κ2) is 12.3. The predicted molar refractivity (Wildman–Crippen MR) is 129 cm³/mol. The van der Waals surface area contributed by atoms with E-state index in [4.69, 9.17) is 22.1 Å². The van der Waals surface area contributed by atoms with Crippen LogP contribution in [0.25, 0.3) is 0 Å². The number of nitrogens with zero attached hydrogens (tertiary/aromatic N) is 2. The maximum atomic E-state index is 14.1. The van der Waals surface area contributed by atoms with Crippen molar-refractivity contribution in [1.29, 1.82) is 0 Å². The summed E-state index contributed by atoms with van der Waals surface area (Å²) in [5.41, 5.74) is 6.17. The number of rotatable bonds is 11. The van der Waals surface area contributed by atoms with Crippen molar-refractivity contribution in [2.75, 3.05) is 31.6 Å². The Labute approximate surface area is 206 Å². The minimum absolute atomic E-state index is 0.0807. The van der Waals surface area contributed by atoms with Crippen molar-refractivity contribution >= 4 is 40.1 Å². The quantitative estimate of drug-likeness (QED) is 0.341. The maximum Gasteiger partial charge on any atom is 0.319 e. The summed E-state index contributed by atoms with van der Waals surface area (Å²) >= 11 is 6.88. The molecule has 1 aliphatic rings. The molecule has 3 amide bonds. The number of benzene rings is 1. The van der Waals surface area contributed by atoms with Gasteiger partial charge in [-0.1, -0.05) is 11.6 Å². The Morgan fingerprint density at radius 2 is 2.21 bits per heavy atom. The zero-order valence-electron chi connectivity index (χ0n) is 18.9. The number of carbonyl (C=O) groups excluding carboxylic acids is 2. The van der Waals surface area contributed by atoms with Crippen molar-refractivity contribution in [3.05, 3.63) is 39.7 Å². The molecule has 2 aromatic rings. The van der Waals surface area contributed by atoms with Gasteiger partial charge in [-0.15, -0.1) is 0 Å². The Bertz CT molecular complexity index is 1020. The molecule has 1 atom stereocenters. The summed E-state index contributed by atoms with van der Waals surface area (Å²) in [6, 6.07) is 2.49. The smallest absolute Gasteiger partial charge is 0.319 e. The number of unbranched alkanes of at least 4 members (excludes halogenated alkanes) is 1. The number of likely N-dealkylation sites (tertiary alicyclic amines) is 1. The van der Waals surface area contributed by atoms with Crippen LogP contribution in [0.15, 0.2) is 12.1 Å². The first-order valence-corrected chi connectivity index (χ1v) is 12.2. The lowest BCUT2D eigenvalue weighted by atomic mass is 10.1. The number of amides is 3. The van der Waals surface area contributed by atoms with Crippen LogP contribution >= 0.6 is 23.1 Å². The van der Waals surface area contributed by atoms with Gasteiger partial charge in [-0.2, -0.15) is 4.37 Å². The molecule has 12 heteroatoms. The van der Waals surface area contributed by atoms with Gasteiger partial charge in [-0.25, -0.2) is 9.18 Å². The number of anilines is 1. The molecule has 0 spiro atoms. The molecule has 0 radical (unpaired) electrons. The van der Waals surface area contributed by atoms with Crippen LogP contribution in [0, 0.1) is 12.7 Å². The van der Waals surface area contributed by atoms with Crippen LogP contribution in [0.1, 0.15) is 47.2 Å². The molecule has 2 heterocycles. The Balaban J connectivity index is 1.49. The molecule has 1 aromatic heterocycles. The molecule has 0 saturated carbocycles. The van der Waals surface area contributed by atoms with E-state index in [-0.39, 0.29) is 41.3 Å². The van der Waals surface area contributed by atoms with Crippen molar-refractivity contribution in [2.24, 2.45) is 5.73 Å². The molecule has 186 valence electrons. The van der Waals surface area contributed by atoms with Gasteiger partial charge in [0.05, 0.1) is 6.61 Å². The number of hydrogen-bond acceptors (Lipinski definition) is 7. The number of urea groups is 1. The fourth-order valence-corrected chi connectivity index (χ4v) is 4.73. The summed E-state index contributed by atoms with van der Waals surface area (Å²) < 4.78 is 23.7. The first kappa shape index (κ1) is 26.1. The highest BCUT2D eigenvalue weighted by Crippen LogP contribution is 2.31. The van der Waals surface area contributed by atoms with Crippen LogP contribution in [0.5, 0.6) is 5.88 Å². The molecule has 1 aliphatic heterocycles. The number of aromatic nitrogens is 1. The van der Waals surface area contributed by atoms with E-state index in [2.05, 4.69) is 19.9 Å². The number of aryl methyl sites for hydroxylation is 1. The van der Waals surface area contributed by atoms with E-state index in [1.165, 1.54) is 12.1 Å².